The quantitative estimate of drug-likeness (QED) is 0.752. The van der Waals surface area contributed by atoms with Gasteiger partial charge in [0.25, 0.3) is 0 Å². The van der Waals surface area contributed by atoms with Crippen LogP contribution in [0.1, 0.15) is 11.7 Å². The Morgan fingerprint density at radius 1 is 1.25 bits per heavy atom. The second kappa shape index (κ2) is 5.83. The maximum Gasteiger partial charge on any atom is 0.194 e. The molecule has 0 radical (unpaired) electrons. The molecule has 6 heteroatoms. The van der Waals surface area contributed by atoms with Crippen LogP contribution in [0.3, 0.4) is 0 Å². The van der Waals surface area contributed by atoms with Crippen molar-refractivity contribution in [3.63, 3.8) is 0 Å². The molecule has 0 aromatic heterocycles. The van der Waals surface area contributed by atoms with Gasteiger partial charge >= 0.3 is 0 Å². The highest BCUT2D eigenvalue weighted by Crippen LogP contribution is 2.21. The van der Waals surface area contributed by atoms with E-state index in [-0.39, 0.29) is 25.3 Å². The molecule has 90 valence electrons. The van der Waals surface area contributed by atoms with E-state index in [1.54, 1.807) is 0 Å². The Labute approximate surface area is 90.6 Å². The molecule has 16 heavy (non-hydrogen) atoms. The molecule has 0 spiro atoms. The summed E-state index contributed by atoms with van der Waals surface area (Å²) in [7, 11) is 0. The third kappa shape index (κ3) is 2.94. The van der Waals surface area contributed by atoms with Crippen LogP contribution >= 0.6 is 0 Å². The van der Waals surface area contributed by atoms with Crippen molar-refractivity contribution in [3.8, 4) is 0 Å². The lowest BCUT2D eigenvalue weighted by Gasteiger charge is -2.16. The smallest absolute Gasteiger partial charge is 0.194 e. The second-order valence-electron chi connectivity index (χ2n) is 3.12. The number of hydrogen-bond acceptors (Lipinski definition) is 3. The Bertz CT molecular complexity index is 337. The first-order chi connectivity index (χ1) is 7.60. The normalized spacial score (nSPS) is 12.8. The number of rotatable bonds is 5. The number of halogens is 3. The van der Waals surface area contributed by atoms with Crippen molar-refractivity contribution < 1.29 is 23.0 Å². The van der Waals surface area contributed by atoms with E-state index in [4.69, 9.17) is 15.6 Å². The summed E-state index contributed by atoms with van der Waals surface area (Å²) in [5, 5.41) is 8.54. The Hall–Kier alpha value is -1.11. The van der Waals surface area contributed by atoms with Gasteiger partial charge in [0.2, 0.25) is 0 Å². The van der Waals surface area contributed by atoms with Gasteiger partial charge in [0.15, 0.2) is 17.5 Å². The lowest BCUT2D eigenvalue weighted by molar-refractivity contribution is 0.0325. The second-order valence-corrected chi connectivity index (χ2v) is 3.12. The molecular formula is C10H12F3NO2. The highest BCUT2D eigenvalue weighted by molar-refractivity contribution is 5.22. The number of aliphatic hydroxyl groups excluding tert-OH is 1. The van der Waals surface area contributed by atoms with Crippen LogP contribution in [0.4, 0.5) is 13.2 Å². The van der Waals surface area contributed by atoms with Gasteiger partial charge in [-0.2, -0.15) is 0 Å². The van der Waals surface area contributed by atoms with Gasteiger partial charge in [0, 0.05) is 6.54 Å². The van der Waals surface area contributed by atoms with Crippen molar-refractivity contribution >= 4 is 0 Å². The Balaban J connectivity index is 2.92. The molecule has 0 bridgehead atoms. The van der Waals surface area contributed by atoms with Crippen LogP contribution in [0.25, 0.3) is 0 Å². The minimum Gasteiger partial charge on any atom is -0.394 e. The summed E-state index contributed by atoms with van der Waals surface area (Å²) in [5.74, 6) is -4.11. The molecule has 0 amide bonds. The number of aliphatic hydroxyl groups is 1. The highest BCUT2D eigenvalue weighted by atomic mass is 19.2. The van der Waals surface area contributed by atoms with Gasteiger partial charge in [0.05, 0.1) is 19.3 Å². The molecular weight excluding hydrogens is 223 g/mol. The number of hydrogen-bond donors (Lipinski definition) is 2. The fourth-order valence-corrected chi connectivity index (χ4v) is 1.26. The minimum atomic E-state index is -1.53. The zero-order chi connectivity index (χ0) is 12.1. The molecule has 0 fully saturated rings. The lowest BCUT2D eigenvalue weighted by Crippen LogP contribution is -2.18. The fourth-order valence-electron chi connectivity index (χ4n) is 1.26. The molecule has 1 aromatic carbocycles. The van der Waals surface area contributed by atoms with E-state index in [9.17, 15) is 13.2 Å². The Morgan fingerprint density at radius 2 is 1.81 bits per heavy atom. The minimum absolute atomic E-state index is 0.0114. The van der Waals surface area contributed by atoms with Crippen LogP contribution < -0.4 is 5.73 Å². The zero-order valence-electron chi connectivity index (χ0n) is 8.42. The molecule has 3 N–H and O–H groups in total. The van der Waals surface area contributed by atoms with Gasteiger partial charge in [-0.1, -0.05) is 0 Å². The topological polar surface area (TPSA) is 55.5 Å². The summed E-state index contributed by atoms with van der Waals surface area (Å²) < 4.78 is 43.5. The third-order valence-corrected chi connectivity index (χ3v) is 2.00. The number of nitrogens with two attached hydrogens (primary N) is 1. The lowest BCUT2D eigenvalue weighted by atomic mass is 10.1. The molecule has 1 unspecified atom stereocenters. The van der Waals surface area contributed by atoms with Crippen molar-refractivity contribution in [2.75, 3.05) is 19.8 Å². The average molecular weight is 235 g/mol. The monoisotopic (exact) mass is 235 g/mol. The first-order valence-corrected chi connectivity index (χ1v) is 4.67. The van der Waals surface area contributed by atoms with Gasteiger partial charge in [-0.05, 0) is 17.7 Å². The van der Waals surface area contributed by atoms with Crippen molar-refractivity contribution in [2.45, 2.75) is 6.10 Å². The summed E-state index contributed by atoms with van der Waals surface area (Å²) in [6, 6.07) is 1.65. The van der Waals surface area contributed by atoms with Crippen LogP contribution in [-0.2, 0) is 4.74 Å². The predicted octanol–water partition coefficient (Wildman–Crippen LogP) is 1.11. The van der Waals surface area contributed by atoms with Crippen LogP contribution in [-0.4, -0.2) is 24.9 Å². The molecule has 1 atom stereocenters. The largest absolute Gasteiger partial charge is 0.394 e. The molecule has 0 aliphatic heterocycles. The van der Waals surface area contributed by atoms with Gasteiger partial charge in [-0.3, -0.25) is 0 Å². The number of ether oxygens (including phenoxy) is 1. The molecule has 3 nitrogen and oxygen atoms in total. The van der Waals surface area contributed by atoms with Crippen molar-refractivity contribution in [1.82, 2.24) is 0 Å². The average Bonchev–Trinajstić information content (AvgIpc) is 2.26. The van der Waals surface area contributed by atoms with Crippen LogP contribution in [0.15, 0.2) is 12.1 Å². The molecule has 0 heterocycles. The zero-order valence-corrected chi connectivity index (χ0v) is 8.42. The van der Waals surface area contributed by atoms with Crippen LogP contribution in [0.5, 0.6) is 0 Å². The van der Waals surface area contributed by atoms with Gasteiger partial charge < -0.3 is 15.6 Å². The summed E-state index contributed by atoms with van der Waals surface area (Å²) in [5.41, 5.74) is 5.44. The fraction of sp³-hybridized carbons (Fsp3) is 0.400. The summed E-state index contributed by atoms with van der Waals surface area (Å²) in [4.78, 5) is 0. The van der Waals surface area contributed by atoms with Gasteiger partial charge in [0.1, 0.15) is 0 Å². The van der Waals surface area contributed by atoms with Crippen molar-refractivity contribution in [1.29, 1.82) is 0 Å². The first kappa shape index (κ1) is 13.0. The summed E-state index contributed by atoms with van der Waals surface area (Å²) >= 11 is 0. The van der Waals surface area contributed by atoms with Gasteiger partial charge in [-0.25, -0.2) is 13.2 Å². The predicted molar refractivity (Wildman–Crippen MR) is 51.1 cm³/mol. The Kier molecular flexibility index (Phi) is 4.72. The van der Waals surface area contributed by atoms with Crippen LogP contribution in [0, 0.1) is 17.5 Å². The SMILES string of the molecule is NCC(OCCO)c1cc(F)c(F)c(F)c1. The molecule has 1 rings (SSSR count). The molecule has 0 aliphatic rings. The van der Waals surface area contributed by atoms with E-state index in [2.05, 4.69) is 0 Å². The third-order valence-electron chi connectivity index (χ3n) is 2.00. The van der Waals surface area contributed by atoms with E-state index in [0.717, 1.165) is 12.1 Å². The maximum atomic E-state index is 12.9. The van der Waals surface area contributed by atoms with E-state index in [1.807, 2.05) is 0 Å². The Morgan fingerprint density at radius 3 is 2.25 bits per heavy atom. The van der Waals surface area contributed by atoms with E-state index >= 15 is 0 Å². The number of benzene rings is 1. The molecule has 1 aromatic rings. The van der Waals surface area contributed by atoms with Crippen molar-refractivity contribution in [2.24, 2.45) is 5.73 Å². The van der Waals surface area contributed by atoms with E-state index < -0.39 is 23.6 Å². The molecule has 0 saturated heterocycles. The highest BCUT2D eigenvalue weighted by Gasteiger charge is 2.16. The first-order valence-electron chi connectivity index (χ1n) is 4.67. The summed E-state index contributed by atoms with van der Waals surface area (Å²) in [6.07, 6.45) is -0.767. The maximum absolute atomic E-state index is 12.9. The standard InChI is InChI=1S/C10H12F3NO2/c11-7-3-6(4-8(12)10(7)13)9(5-14)16-2-1-15/h3-4,9,15H,1-2,5,14H2. The summed E-state index contributed by atoms with van der Waals surface area (Å²) in [6.45, 7) is -0.268. The van der Waals surface area contributed by atoms with Crippen molar-refractivity contribution in [3.05, 3.63) is 35.1 Å². The van der Waals surface area contributed by atoms with E-state index in [1.165, 1.54) is 0 Å². The molecule has 0 saturated carbocycles. The van der Waals surface area contributed by atoms with E-state index in [0.29, 0.717) is 0 Å². The van der Waals surface area contributed by atoms with Gasteiger partial charge in [-0.15, -0.1) is 0 Å². The van der Waals surface area contributed by atoms with Crippen LogP contribution in [0.2, 0.25) is 0 Å². The molecule has 0 aliphatic carbocycles.